The SMILES string of the molecule is Cn1nccc1Nc1cc2ncccc2c(NC2CC3CCC(C2)N3CCC#N)n1. The zero-order valence-corrected chi connectivity index (χ0v) is 17.1. The number of rotatable bonds is 6. The van der Waals surface area contributed by atoms with Gasteiger partial charge in [0, 0.05) is 61.9 Å². The fourth-order valence-corrected chi connectivity index (χ4v) is 5.01. The molecule has 2 saturated heterocycles. The molecule has 0 radical (unpaired) electrons. The van der Waals surface area contributed by atoms with Crippen LogP contribution in [0.1, 0.15) is 32.1 Å². The van der Waals surface area contributed by atoms with Crippen molar-refractivity contribution in [2.24, 2.45) is 7.05 Å². The van der Waals surface area contributed by atoms with Crippen LogP contribution in [-0.4, -0.2) is 49.3 Å². The van der Waals surface area contributed by atoms with Crippen molar-refractivity contribution >= 4 is 28.4 Å². The summed E-state index contributed by atoms with van der Waals surface area (Å²) in [4.78, 5) is 12.0. The molecule has 2 fully saturated rings. The number of nitrogens with zero attached hydrogens (tertiary/aromatic N) is 6. The second kappa shape index (κ2) is 7.92. The average Bonchev–Trinajstić information content (AvgIpc) is 3.25. The molecule has 5 heterocycles. The maximum absolute atomic E-state index is 8.96. The Kier molecular flexibility index (Phi) is 4.97. The van der Waals surface area contributed by atoms with Gasteiger partial charge in [-0.3, -0.25) is 14.6 Å². The van der Waals surface area contributed by atoms with Gasteiger partial charge in [0.25, 0.3) is 0 Å². The van der Waals surface area contributed by atoms with Crippen molar-refractivity contribution in [3.8, 4) is 6.07 Å². The third-order valence-electron chi connectivity index (χ3n) is 6.38. The van der Waals surface area contributed by atoms with Crippen LogP contribution in [0.2, 0.25) is 0 Å². The standard InChI is InChI=1S/C22H26N8/c1-29-21(7-10-25-29)27-20-14-19-18(4-2-9-24-19)22(28-20)26-15-12-16-5-6-17(13-15)30(16)11-3-8-23/h2,4,7,9-10,14-17H,3,5-6,11-13H2,1H3,(H2,26,27,28). The van der Waals surface area contributed by atoms with Gasteiger partial charge in [-0.2, -0.15) is 10.4 Å². The molecule has 2 atom stereocenters. The normalized spacial score (nSPS) is 23.4. The number of fused-ring (bicyclic) bond motifs is 3. The molecule has 0 aliphatic carbocycles. The summed E-state index contributed by atoms with van der Waals surface area (Å²) in [6.07, 6.45) is 8.82. The van der Waals surface area contributed by atoms with E-state index in [1.165, 1.54) is 12.8 Å². The van der Waals surface area contributed by atoms with Gasteiger partial charge >= 0.3 is 0 Å². The van der Waals surface area contributed by atoms with Gasteiger partial charge in [-0.15, -0.1) is 0 Å². The van der Waals surface area contributed by atoms with Crippen LogP contribution in [0.3, 0.4) is 0 Å². The number of hydrogen-bond donors (Lipinski definition) is 2. The van der Waals surface area contributed by atoms with Crippen molar-refractivity contribution in [3.05, 3.63) is 36.7 Å². The van der Waals surface area contributed by atoms with E-state index >= 15 is 0 Å². The number of anilines is 3. The van der Waals surface area contributed by atoms with Gasteiger partial charge in [-0.1, -0.05) is 0 Å². The van der Waals surface area contributed by atoms with Crippen molar-refractivity contribution in [3.63, 3.8) is 0 Å². The van der Waals surface area contributed by atoms with Gasteiger partial charge in [0.1, 0.15) is 17.5 Å². The Morgan fingerprint density at radius 1 is 1.20 bits per heavy atom. The number of piperidine rings is 1. The molecular formula is C22H26N8. The lowest BCUT2D eigenvalue weighted by Crippen LogP contribution is -2.47. The van der Waals surface area contributed by atoms with Gasteiger partial charge in [-0.05, 0) is 37.8 Å². The molecule has 0 aromatic carbocycles. The Balaban J connectivity index is 1.39. The van der Waals surface area contributed by atoms with Gasteiger partial charge in [0.2, 0.25) is 0 Å². The van der Waals surface area contributed by atoms with E-state index in [1.54, 1.807) is 10.9 Å². The van der Waals surface area contributed by atoms with Crippen LogP contribution in [0.4, 0.5) is 17.5 Å². The smallest absolute Gasteiger partial charge is 0.138 e. The maximum Gasteiger partial charge on any atom is 0.138 e. The summed E-state index contributed by atoms with van der Waals surface area (Å²) < 4.78 is 1.78. The number of nitriles is 1. The summed E-state index contributed by atoms with van der Waals surface area (Å²) in [6.45, 7) is 0.897. The van der Waals surface area contributed by atoms with E-state index < -0.39 is 0 Å². The van der Waals surface area contributed by atoms with Crippen LogP contribution in [-0.2, 0) is 7.05 Å². The largest absolute Gasteiger partial charge is 0.367 e. The molecule has 0 spiro atoms. The summed E-state index contributed by atoms with van der Waals surface area (Å²) in [6, 6.07) is 11.7. The van der Waals surface area contributed by atoms with Gasteiger partial charge in [0.15, 0.2) is 0 Å². The van der Waals surface area contributed by atoms with E-state index in [0.717, 1.165) is 47.7 Å². The second-order valence-electron chi connectivity index (χ2n) is 8.23. The summed E-state index contributed by atoms with van der Waals surface area (Å²) >= 11 is 0. The summed E-state index contributed by atoms with van der Waals surface area (Å²) in [5.74, 6) is 2.51. The number of pyridine rings is 2. The lowest BCUT2D eigenvalue weighted by Gasteiger charge is -2.39. The van der Waals surface area contributed by atoms with E-state index in [0.29, 0.717) is 24.5 Å². The van der Waals surface area contributed by atoms with Crippen LogP contribution in [0.25, 0.3) is 10.9 Å². The number of nitrogens with one attached hydrogen (secondary N) is 2. The molecule has 3 aromatic rings. The molecule has 2 bridgehead atoms. The summed E-state index contributed by atoms with van der Waals surface area (Å²) in [7, 11) is 1.90. The van der Waals surface area contributed by atoms with Crippen LogP contribution in [0, 0.1) is 11.3 Å². The van der Waals surface area contributed by atoms with E-state index in [2.05, 4.69) is 37.8 Å². The highest BCUT2D eigenvalue weighted by atomic mass is 15.3. The van der Waals surface area contributed by atoms with Crippen molar-refractivity contribution in [1.82, 2.24) is 24.6 Å². The quantitative estimate of drug-likeness (QED) is 0.652. The molecule has 8 heteroatoms. The molecule has 8 nitrogen and oxygen atoms in total. The fourth-order valence-electron chi connectivity index (χ4n) is 5.01. The molecular weight excluding hydrogens is 376 g/mol. The molecule has 5 rings (SSSR count). The zero-order chi connectivity index (χ0) is 20.5. The Bertz CT molecular complexity index is 1070. The first-order valence-corrected chi connectivity index (χ1v) is 10.6. The molecule has 154 valence electrons. The first kappa shape index (κ1) is 18.8. The molecule has 2 N–H and O–H groups in total. The minimum atomic E-state index is 0.378. The molecule has 2 unspecified atom stereocenters. The minimum absolute atomic E-state index is 0.378. The Morgan fingerprint density at radius 2 is 2.03 bits per heavy atom. The monoisotopic (exact) mass is 402 g/mol. The third kappa shape index (κ3) is 3.57. The van der Waals surface area contributed by atoms with Crippen LogP contribution >= 0.6 is 0 Å². The number of aromatic nitrogens is 4. The predicted octanol–water partition coefficient (Wildman–Crippen LogP) is 3.43. The van der Waals surface area contributed by atoms with E-state index in [-0.39, 0.29) is 0 Å². The predicted molar refractivity (Wildman–Crippen MR) is 116 cm³/mol. The maximum atomic E-state index is 8.96. The molecule has 2 aliphatic rings. The van der Waals surface area contributed by atoms with Crippen molar-refractivity contribution in [2.45, 2.75) is 50.2 Å². The van der Waals surface area contributed by atoms with Crippen LogP contribution < -0.4 is 10.6 Å². The lowest BCUT2D eigenvalue weighted by molar-refractivity contribution is 0.136. The molecule has 30 heavy (non-hydrogen) atoms. The Labute approximate surface area is 175 Å². The van der Waals surface area contributed by atoms with Gasteiger partial charge < -0.3 is 10.6 Å². The van der Waals surface area contributed by atoms with Gasteiger partial charge in [-0.25, -0.2) is 4.98 Å². The number of aryl methyl sites for hydroxylation is 1. The van der Waals surface area contributed by atoms with E-state index in [9.17, 15) is 0 Å². The molecule has 0 saturated carbocycles. The zero-order valence-electron chi connectivity index (χ0n) is 17.1. The topological polar surface area (TPSA) is 94.7 Å². The highest BCUT2D eigenvalue weighted by molar-refractivity contribution is 5.91. The highest BCUT2D eigenvalue weighted by Crippen LogP contribution is 2.37. The van der Waals surface area contributed by atoms with E-state index in [4.69, 9.17) is 10.2 Å². The van der Waals surface area contributed by atoms with Gasteiger partial charge in [0.05, 0.1) is 17.8 Å². The first-order chi connectivity index (χ1) is 14.7. The Hall–Kier alpha value is -3.18. The first-order valence-electron chi connectivity index (χ1n) is 10.6. The van der Waals surface area contributed by atoms with Crippen molar-refractivity contribution in [2.75, 3.05) is 17.2 Å². The molecule has 3 aromatic heterocycles. The average molecular weight is 403 g/mol. The summed E-state index contributed by atoms with van der Waals surface area (Å²) in [5, 5.41) is 21.3. The third-order valence-corrected chi connectivity index (χ3v) is 6.38. The van der Waals surface area contributed by atoms with Crippen molar-refractivity contribution in [1.29, 1.82) is 5.26 Å². The van der Waals surface area contributed by atoms with Crippen LogP contribution in [0.5, 0.6) is 0 Å². The number of hydrogen-bond acceptors (Lipinski definition) is 7. The molecule has 2 aliphatic heterocycles. The summed E-state index contributed by atoms with van der Waals surface area (Å²) in [5.41, 5.74) is 0.911. The fraction of sp³-hybridized carbons (Fsp3) is 0.455. The van der Waals surface area contributed by atoms with Crippen molar-refractivity contribution < 1.29 is 0 Å². The lowest BCUT2D eigenvalue weighted by atomic mass is 9.97. The Morgan fingerprint density at radius 3 is 2.77 bits per heavy atom. The second-order valence-corrected chi connectivity index (χ2v) is 8.23. The van der Waals surface area contributed by atoms with E-state index in [1.807, 2.05) is 31.4 Å². The highest BCUT2D eigenvalue weighted by Gasteiger charge is 2.40. The minimum Gasteiger partial charge on any atom is -0.367 e. The molecule has 0 amide bonds. The van der Waals surface area contributed by atoms with Crippen LogP contribution in [0.15, 0.2) is 36.7 Å².